The van der Waals surface area contributed by atoms with Crippen molar-refractivity contribution in [2.24, 2.45) is 5.73 Å². The highest BCUT2D eigenvalue weighted by atomic mass is 32.1. The van der Waals surface area contributed by atoms with Crippen molar-refractivity contribution in [3.05, 3.63) is 51.0 Å². The minimum absolute atomic E-state index is 0.280. The van der Waals surface area contributed by atoms with Crippen LogP contribution in [0.3, 0.4) is 0 Å². The molecule has 0 saturated heterocycles. The van der Waals surface area contributed by atoms with Crippen LogP contribution in [-0.4, -0.2) is 7.11 Å². The molecule has 20 heavy (non-hydrogen) atoms. The van der Waals surface area contributed by atoms with Crippen LogP contribution in [0.5, 0.6) is 5.75 Å². The van der Waals surface area contributed by atoms with E-state index in [0.717, 1.165) is 17.7 Å². The lowest BCUT2D eigenvalue weighted by Crippen LogP contribution is -2.12. The molecule has 2 N–H and O–H groups in total. The standard InChI is InChI=1S/C16H18FNOS/c1-19-13-7-6-11(17)9-12(13)16(18)15-8-10-4-2-3-5-14(10)20-15/h6-9,16H,2-5,18H2,1H3. The van der Waals surface area contributed by atoms with Gasteiger partial charge in [0.25, 0.3) is 0 Å². The largest absolute Gasteiger partial charge is 0.496 e. The van der Waals surface area contributed by atoms with Crippen LogP contribution in [0.4, 0.5) is 4.39 Å². The zero-order valence-corrected chi connectivity index (χ0v) is 12.3. The van der Waals surface area contributed by atoms with E-state index in [0.29, 0.717) is 11.3 Å². The van der Waals surface area contributed by atoms with Gasteiger partial charge in [0.15, 0.2) is 0 Å². The second kappa shape index (κ2) is 5.54. The van der Waals surface area contributed by atoms with Gasteiger partial charge in [0.05, 0.1) is 13.2 Å². The van der Waals surface area contributed by atoms with Gasteiger partial charge in [0, 0.05) is 15.3 Å². The molecular formula is C16H18FNOS. The summed E-state index contributed by atoms with van der Waals surface area (Å²) in [4.78, 5) is 2.54. The summed E-state index contributed by atoms with van der Waals surface area (Å²) in [5, 5.41) is 0. The molecule has 4 heteroatoms. The Morgan fingerprint density at radius 1 is 1.25 bits per heavy atom. The van der Waals surface area contributed by atoms with E-state index in [4.69, 9.17) is 10.5 Å². The van der Waals surface area contributed by atoms with Crippen LogP contribution in [0, 0.1) is 5.82 Å². The molecule has 1 heterocycles. The molecule has 1 aromatic carbocycles. The van der Waals surface area contributed by atoms with E-state index < -0.39 is 0 Å². The molecule has 1 unspecified atom stereocenters. The Kier molecular flexibility index (Phi) is 3.76. The summed E-state index contributed by atoms with van der Waals surface area (Å²) in [6.45, 7) is 0. The fourth-order valence-corrected chi connectivity index (χ4v) is 4.05. The third-order valence-electron chi connectivity index (χ3n) is 3.85. The molecule has 106 valence electrons. The van der Waals surface area contributed by atoms with Gasteiger partial charge in [-0.2, -0.15) is 0 Å². The highest BCUT2D eigenvalue weighted by molar-refractivity contribution is 7.12. The van der Waals surface area contributed by atoms with Crippen molar-refractivity contribution in [3.63, 3.8) is 0 Å². The van der Waals surface area contributed by atoms with Crippen molar-refractivity contribution in [1.82, 2.24) is 0 Å². The second-order valence-corrected chi connectivity index (χ2v) is 6.34. The molecule has 2 nitrogen and oxygen atoms in total. The summed E-state index contributed by atoms with van der Waals surface area (Å²) < 4.78 is 18.8. The van der Waals surface area contributed by atoms with E-state index in [-0.39, 0.29) is 11.9 Å². The zero-order valence-electron chi connectivity index (χ0n) is 11.5. The molecule has 1 aromatic heterocycles. The lowest BCUT2D eigenvalue weighted by molar-refractivity contribution is 0.406. The van der Waals surface area contributed by atoms with Crippen LogP contribution >= 0.6 is 11.3 Å². The Morgan fingerprint density at radius 2 is 2.05 bits per heavy atom. The van der Waals surface area contributed by atoms with E-state index in [1.165, 1.54) is 35.4 Å². The molecule has 0 aliphatic heterocycles. The predicted octanol–water partition coefficient (Wildman–Crippen LogP) is 3.82. The summed E-state index contributed by atoms with van der Waals surface area (Å²) in [6.07, 6.45) is 4.79. The Morgan fingerprint density at radius 3 is 2.80 bits per heavy atom. The molecule has 0 amide bonds. The van der Waals surface area contributed by atoms with E-state index in [1.807, 2.05) is 0 Å². The summed E-state index contributed by atoms with van der Waals surface area (Å²) in [5.41, 5.74) is 8.47. The smallest absolute Gasteiger partial charge is 0.124 e. The van der Waals surface area contributed by atoms with E-state index in [1.54, 1.807) is 24.5 Å². The molecule has 0 saturated carbocycles. The maximum Gasteiger partial charge on any atom is 0.124 e. The molecular weight excluding hydrogens is 273 g/mol. The number of thiophene rings is 1. The van der Waals surface area contributed by atoms with Crippen molar-refractivity contribution in [3.8, 4) is 5.75 Å². The Bertz CT molecular complexity index is 599. The van der Waals surface area contributed by atoms with Crippen LogP contribution in [0.15, 0.2) is 24.3 Å². The quantitative estimate of drug-likeness (QED) is 0.933. The van der Waals surface area contributed by atoms with Crippen molar-refractivity contribution in [2.75, 3.05) is 7.11 Å². The third kappa shape index (κ3) is 2.45. The Hall–Kier alpha value is -1.39. The lowest BCUT2D eigenvalue weighted by atomic mass is 9.98. The van der Waals surface area contributed by atoms with Crippen LogP contribution in [0.25, 0.3) is 0 Å². The number of rotatable bonds is 3. The van der Waals surface area contributed by atoms with Crippen LogP contribution in [0.1, 0.15) is 39.8 Å². The van der Waals surface area contributed by atoms with Crippen molar-refractivity contribution in [1.29, 1.82) is 0 Å². The molecule has 1 aliphatic rings. The third-order valence-corrected chi connectivity index (χ3v) is 5.17. The van der Waals surface area contributed by atoms with Gasteiger partial charge >= 0.3 is 0 Å². The maximum atomic E-state index is 13.5. The summed E-state index contributed by atoms with van der Waals surface area (Å²) in [6, 6.07) is 6.37. The minimum Gasteiger partial charge on any atom is -0.496 e. The number of nitrogens with two attached hydrogens (primary N) is 1. The number of benzene rings is 1. The molecule has 0 fully saturated rings. The number of methoxy groups -OCH3 is 1. The normalized spacial score (nSPS) is 15.8. The molecule has 1 aliphatic carbocycles. The van der Waals surface area contributed by atoms with Gasteiger partial charge in [-0.3, -0.25) is 0 Å². The fraction of sp³-hybridized carbons (Fsp3) is 0.375. The topological polar surface area (TPSA) is 35.2 Å². The molecule has 1 atom stereocenters. The van der Waals surface area contributed by atoms with Crippen LogP contribution in [-0.2, 0) is 12.8 Å². The maximum absolute atomic E-state index is 13.5. The number of fused-ring (bicyclic) bond motifs is 1. The molecule has 0 bridgehead atoms. The van der Waals surface area contributed by atoms with Gasteiger partial charge in [-0.1, -0.05) is 0 Å². The monoisotopic (exact) mass is 291 g/mol. The lowest BCUT2D eigenvalue weighted by Gasteiger charge is -2.14. The first-order chi connectivity index (χ1) is 9.69. The highest BCUT2D eigenvalue weighted by Gasteiger charge is 2.20. The van der Waals surface area contributed by atoms with Crippen LogP contribution in [0.2, 0.25) is 0 Å². The van der Waals surface area contributed by atoms with Crippen molar-refractivity contribution >= 4 is 11.3 Å². The number of halogens is 1. The first-order valence-electron chi connectivity index (χ1n) is 6.89. The minimum atomic E-state index is -0.323. The number of hydrogen-bond acceptors (Lipinski definition) is 3. The summed E-state index contributed by atoms with van der Waals surface area (Å²) in [7, 11) is 1.59. The average molecular weight is 291 g/mol. The van der Waals surface area contributed by atoms with Gasteiger partial charge in [-0.15, -0.1) is 11.3 Å². The summed E-state index contributed by atoms with van der Waals surface area (Å²) in [5.74, 6) is 0.364. The first kappa shape index (κ1) is 13.6. The summed E-state index contributed by atoms with van der Waals surface area (Å²) >= 11 is 1.76. The molecule has 0 radical (unpaired) electrons. The van der Waals surface area contributed by atoms with E-state index in [2.05, 4.69) is 6.07 Å². The Balaban J connectivity index is 1.97. The van der Waals surface area contributed by atoms with Gasteiger partial charge in [-0.25, -0.2) is 4.39 Å². The van der Waals surface area contributed by atoms with Crippen LogP contribution < -0.4 is 10.5 Å². The van der Waals surface area contributed by atoms with Gasteiger partial charge in [0.2, 0.25) is 0 Å². The second-order valence-electron chi connectivity index (χ2n) is 5.17. The van der Waals surface area contributed by atoms with Crippen molar-refractivity contribution < 1.29 is 9.13 Å². The average Bonchev–Trinajstić information content (AvgIpc) is 2.90. The molecule has 3 rings (SSSR count). The molecule has 0 spiro atoms. The number of ether oxygens (including phenoxy) is 1. The van der Waals surface area contributed by atoms with Crippen molar-refractivity contribution in [2.45, 2.75) is 31.7 Å². The number of hydrogen-bond donors (Lipinski definition) is 1. The van der Waals surface area contributed by atoms with Gasteiger partial charge < -0.3 is 10.5 Å². The number of aryl methyl sites for hydroxylation is 2. The zero-order chi connectivity index (χ0) is 14.1. The van der Waals surface area contributed by atoms with Gasteiger partial charge in [-0.05, 0) is 55.5 Å². The van der Waals surface area contributed by atoms with Gasteiger partial charge in [0.1, 0.15) is 11.6 Å². The fourth-order valence-electron chi connectivity index (χ4n) is 2.77. The Labute approximate surface area is 122 Å². The van der Waals surface area contributed by atoms with E-state index >= 15 is 0 Å². The predicted molar refractivity (Wildman–Crippen MR) is 79.9 cm³/mol. The SMILES string of the molecule is COc1ccc(F)cc1C(N)c1cc2c(s1)CCCC2. The molecule has 2 aromatic rings. The highest BCUT2D eigenvalue weighted by Crippen LogP contribution is 2.36. The first-order valence-corrected chi connectivity index (χ1v) is 7.71. The van der Waals surface area contributed by atoms with E-state index in [9.17, 15) is 4.39 Å².